The molecule has 3 nitrogen and oxygen atoms in total. The molecule has 3 heteroatoms. The largest absolute Gasteiger partial charge is 0.352 e. The van der Waals surface area contributed by atoms with Crippen LogP contribution in [-0.4, -0.2) is 16.5 Å². The van der Waals surface area contributed by atoms with Crippen molar-refractivity contribution >= 4 is 22.4 Å². The molecule has 0 aliphatic carbocycles. The van der Waals surface area contributed by atoms with E-state index in [1.54, 1.807) is 0 Å². The molecule has 4 rings (SSSR count). The Hall–Kier alpha value is -2.68. The van der Waals surface area contributed by atoms with E-state index in [4.69, 9.17) is 0 Å². The van der Waals surface area contributed by atoms with E-state index in [9.17, 15) is 4.79 Å². The molecule has 0 fully saturated rings. The molecule has 0 atom stereocenters. The maximum Gasteiger partial charge on any atom is 0.209 e. The third kappa shape index (κ3) is 2.29. The van der Waals surface area contributed by atoms with E-state index in [2.05, 4.69) is 29.9 Å². The number of hydrogen-bond acceptors (Lipinski definition) is 2. The smallest absolute Gasteiger partial charge is 0.209 e. The summed E-state index contributed by atoms with van der Waals surface area (Å²) in [5.74, 6) is 0.0315. The van der Waals surface area contributed by atoms with Crippen LogP contribution in [0.3, 0.4) is 0 Å². The molecule has 0 amide bonds. The van der Waals surface area contributed by atoms with Gasteiger partial charge in [-0.25, -0.2) is 0 Å². The van der Waals surface area contributed by atoms with Gasteiger partial charge in [0.25, 0.3) is 0 Å². The zero-order chi connectivity index (χ0) is 16.0. The fourth-order valence-corrected chi connectivity index (χ4v) is 3.22. The van der Waals surface area contributed by atoms with Gasteiger partial charge in [-0.05, 0) is 43.2 Å². The minimum Gasteiger partial charge on any atom is -0.352 e. The maximum absolute atomic E-state index is 12.8. The number of carbonyl (C=O) groups is 1. The van der Waals surface area contributed by atoms with E-state index in [-0.39, 0.29) is 5.78 Å². The molecule has 1 aromatic heterocycles. The van der Waals surface area contributed by atoms with Gasteiger partial charge in [0.1, 0.15) is 0 Å². The van der Waals surface area contributed by atoms with Crippen molar-refractivity contribution < 1.29 is 4.79 Å². The van der Waals surface area contributed by atoms with Crippen LogP contribution >= 0.6 is 0 Å². The number of carbonyl (C=O) groups excluding carboxylic acids is 1. The lowest BCUT2D eigenvalue weighted by molar-refractivity contribution is 0.103. The van der Waals surface area contributed by atoms with Crippen LogP contribution in [0.15, 0.2) is 47.5 Å². The number of aromatic nitrogens is 1. The fourth-order valence-electron chi connectivity index (χ4n) is 3.22. The number of ketones is 1. The second-order valence-corrected chi connectivity index (χ2v) is 6.09. The van der Waals surface area contributed by atoms with Crippen LogP contribution in [0.4, 0.5) is 0 Å². The van der Waals surface area contributed by atoms with E-state index < -0.39 is 0 Å². The van der Waals surface area contributed by atoms with Gasteiger partial charge < -0.3 is 4.98 Å². The quantitative estimate of drug-likeness (QED) is 0.715. The van der Waals surface area contributed by atoms with Crippen LogP contribution in [0.5, 0.6) is 0 Å². The summed E-state index contributed by atoms with van der Waals surface area (Å²) >= 11 is 0. The first kappa shape index (κ1) is 13.9. The van der Waals surface area contributed by atoms with Crippen molar-refractivity contribution in [2.75, 3.05) is 0 Å². The SMILES string of the molecule is CCC1=NCc2ccc(C(=O)c3cc4cc(C)ccc4[nH]3)cc21. The monoisotopic (exact) mass is 302 g/mol. The number of H-pyrrole nitrogens is 1. The molecule has 0 bridgehead atoms. The predicted octanol–water partition coefficient (Wildman–Crippen LogP) is 4.42. The number of rotatable bonds is 3. The van der Waals surface area contributed by atoms with Gasteiger partial charge in [-0.1, -0.05) is 30.7 Å². The highest BCUT2D eigenvalue weighted by atomic mass is 16.1. The molecule has 0 saturated carbocycles. The molecule has 0 unspecified atom stereocenters. The Bertz CT molecular complexity index is 963. The van der Waals surface area contributed by atoms with Crippen LogP contribution in [-0.2, 0) is 6.54 Å². The number of aliphatic imine (C=N–C) groups is 1. The normalized spacial score (nSPS) is 13.2. The van der Waals surface area contributed by atoms with Crippen molar-refractivity contribution in [3.8, 4) is 0 Å². The number of aryl methyl sites for hydroxylation is 1. The summed E-state index contributed by atoms with van der Waals surface area (Å²) in [6.45, 7) is 4.89. The number of nitrogens with zero attached hydrogens (tertiary/aromatic N) is 1. The van der Waals surface area contributed by atoms with E-state index >= 15 is 0 Å². The van der Waals surface area contributed by atoms with Crippen molar-refractivity contribution in [3.05, 3.63) is 70.4 Å². The van der Waals surface area contributed by atoms with Crippen LogP contribution in [0.25, 0.3) is 10.9 Å². The fraction of sp³-hybridized carbons (Fsp3) is 0.200. The van der Waals surface area contributed by atoms with Gasteiger partial charge in [0, 0.05) is 27.7 Å². The highest BCUT2D eigenvalue weighted by molar-refractivity contribution is 6.12. The van der Waals surface area contributed by atoms with Gasteiger partial charge in [-0.15, -0.1) is 0 Å². The Morgan fingerprint density at radius 2 is 2.04 bits per heavy atom. The lowest BCUT2D eigenvalue weighted by Gasteiger charge is -2.04. The molecule has 1 N–H and O–H groups in total. The Balaban J connectivity index is 1.75. The number of benzene rings is 2. The van der Waals surface area contributed by atoms with Crippen molar-refractivity contribution in [3.63, 3.8) is 0 Å². The molecule has 0 saturated heterocycles. The van der Waals surface area contributed by atoms with Gasteiger partial charge in [0.2, 0.25) is 5.78 Å². The average molecular weight is 302 g/mol. The molecular weight excluding hydrogens is 284 g/mol. The molecule has 1 aliphatic heterocycles. The van der Waals surface area contributed by atoms with Gasteiger partial charge in [-0.2, -0.15) is 0 Å². The van der Waals surface area contributed by atoms with Crippen LogP contribution in [0.1, 0.15) is 46.1 Å². The summed E-state index contributed by atoms with van der Waals surface area (Å²) in [6, 6.07) is 14.0. The summed E-state index contributed by atoms with van der Waals surface area (Å²) in [5.41, 5.74) is 6.99. The Labute approximate surface area is 135 Å². The van der Waals surface area contributed by atoms with Crippen molar-refractivity contribution in [1.82, 2.24) is 4.98 Å². The third-order valence-corrected chi connectivity index (χ3v) is 4.48. The van der Waals surface area contributed by atoms with Gasteiger partial charge in [0.05, 0.1) is 12.2 Å². The number of aromatic amines is 1. The van der Waals surface area contributed by atoms with E-state index in [0.29, 0.717) is 5.69 Å². The van der Waals surface area contributed by atoms with Gasteiger partial charge in [0.15, 0.2) is 0 Å². The first-order valence-electron chi connectivity index (χ1n) is 7.96. The lowest BCUT2D eigenvalue weighted by Crippen LogP contribution is -2.05. The summed E-state index contributed by atoms with van der Waals surface area (Å²) in [7, 11) is 0. The summed E-state index contributed by atoms with van der Waals surface area (Å²) in [4.78, 5) is 20.6. The van der Waals surface area contributed by atoms with Crippen molar-refractivity contribution in [2.24, 2.45) is 4.99 Å². The van der Waals surface area contributed by atoms with Crippen LogP contribution in [0.2, 0.25) is 0 Å². The topological polar surface area (TPSA) is 45.2 Å². The molecule has 3 aromatic rings. The molecule has 114 valence electrons. The summed E-state index contributed by atoms with van der Waals surface area (Å²) in [5, 5.41) is 1.07. The standard InChI is InChI=1S/C20H18N2O/c1-3-17-16-9-13(5-6-14(16)11-21-17)20(23)19-10-15-8-12(2)4-7-18(15)22-19/h4-10,22H,3,11H2,1-2H3. The lowest BCUT2D eigenvalue weighted by atomic mass is 9.98. The molecule has 23 heavy (non-hydrogen) atoms. The highest BCUT2D eigenvalue weighted by Gasteiger charge is 2.18. The molecule has 2 aromatic carbocycles. The number of fused-ring (bicyclic) bond motifs is 2. The first-order valence-corrected chi connectivity index (χ1v) is 7.96. The number of hydrogen-bond donors (Lipinski definition) is 1. The number of nitrogens with one attached hydrogen (secondary N) is 1. The first-order chi connectivity index (χ1) is 11.2. The Kier molecular flexibility index (Phi) is 3.15. The predicted molar refractivity (Wildman–Crippen MR) is 93.4 cm³/mol. The van der Waals surface area contributed by atoms with Gasteiger partial charge >= 0.3 is 0 Å². The van der Waals surface area contributed by atoms with Crippen LogP contribution < -0.4 is 0 Å². The van der Waals surface area contributed by atoms with Gasteiger partial charge in [-0.3, -0.25) is 9.79 Å². The zero-order valence-electron chi connectivity index (χ0n) is 13.3. The van der Waals surface area contributed by atoms with E-state index in [0.717, 1.165) is 40.7 Å². The van der Waals surface area contributed by atoms with Crippen molar-refractivity contribution in [1.29, 1.82) is 0 Å². The minimum atomic E-state index is 0.0315. The molecule has 1 aliphatic rings. The Morgan fingerprint density at radius 3 is 2.87 bits per heavy atom. The molecule has 2 heterocycles. The molecule has 0 spiro atoms. The summed E-state index contributed by atoms with van der Waals surface area (Å²) in [6.07, 6.45) is 0.899. The summed E-state index contributed by atoms with van der Waals surface area (Å²) < 4.78 is 0. The highest BCUT2D eigenvalue weighted by Crippen LogP contribution is 2.24. The van der Waals surface area contributed by atoms with E-state index in [1.807, 2.05) is 36.4 Å². The maximum atomic E-state index is 12.8. The molecular formula is C20H18N2O. The van der Waals surface area contributed by atoms with Crippen LogP contribution in [0, 0.1) is 6.92 Å². The van der Waals surface area contributed by atoms with Crippen molar-refractivity contribution in [2.45, 2.75) is 26.8 Å². The second kappa shape index (κ2) is 5.20. The Morgan fingerprint density at radius 1 is 1.17 bits per heavy atom. The van der Waals surface area contributed by atoms with E-state index in [1.165, 1.54) is 11.1 Å². The third-order valence-electron chi connectivity index (χ3n) is 4.48. The second-order valence-electron chi connectivity index (χ2n) is 6.09. The zero-order valence-corrected chi connectivity index (χ0v) is 13.3. The molecule has 0 radical (unpaired) electrons. The minimum absolute atomic E-state index is 0.0315. The average Bonchev–Trinajstić information content (AvgIpc) is 3.16.